The van der Waals surface area contributed by atoms with Gasteiger partial charge in [-0.3, -0.25) is 14.5 Å². The van der Waals surface area contributed by atoms with Gasteiger partial charge in [0.1, 0.15) is 11.6 Å². The SMILES string of the molecule is CC[C@H](C)CN1C(=O)CC[C@H](N(C)c2cccc(N3CCC(N(C)C(=O)OC(C)(C)C)CC3)c2)C1=O. The van der Waals surface area contributed by atoms with Crippen molar-refractivity contribution in [2.75, 3.05) is 43.5 Å². The van der Waals surface area contributed by atoms with Gasteiger partial charge in [-0.15, -0.1) is 0 Å². The summed E-state index contributed by atoms with van der Waals surface area (Å²) in [5.74, 6) is 0.144. The summed E-state index contributed by atoms with van der Waals surface area (Å²) in [6, 6.07) is 8.08. The number of anilines is 2. The van der Waals surface area contributed by atoms with Crippen molar-refractivity contribution in [2.45, 2.75) is 84.4 Å². The topological polar surface area (TPSA) is 73.4 Å². The number of piperidine rings is 2. The quantitative estimate of drug-likeness (QED) is 0.513. The molecule has 0 aliphatic carbocycles. The lowest BCUT2D eigenvalue weighted by molar-refractivity contribution is -0.149. The van der Waals surface area contributed by atoms with Crippen LogP contribution >= 0.6 is 0 Å². The molecule has 2 fully saturated rings. The molecule has 1 aromatic carbocycles. The first-order valence-corrected chi connectivity index (χ1v) is 13.3. The summed E-state index contributed by atoms with van der Waals surface area (Å²) in [6.45, 7) is 12.0. The Kier molecular flexibility index (Phi) is 8.90. The van der Waals surface area contributed by atoms with Gasteiger partial charge in [0.25, 0.3) is 5.91 Å². The van der Waals surface area contributed by atoms with Gasteiger partial charge < -0.3 is 19.4 Å². The van der Waals surface area contributed by atoms with Crippen molar-refractivity contribution in [1.82, 2.24) is 9.80 Å². The molecule has 3 amide bonds. The van der Waals surface area contributed by atoms with E-state index in [-0.39, 0.29) is 30.0 Å². The molecule has 8 nitrogen and oxygen atoms in total. The van der Waals surface area contributed by atoms with E-state index in [9.17, 15) is 14.4 Å². The fourth-order valence-electron chi connectivity index (χ4n) is 4.90. The van der Waals surface area contributed by atoms with E-state index in [0.29, 0.717) is 25.3 Å². The molecule has 2 atom stereocenters. The third-order valence-electron chi connectivity index (χ3n) is 7.44. The Labute approximate surface area is 216 Å². The lowest BCUT2D eigenvalue weighted by Crippen LogP contribution is -2.54. The summed E-state index contributed by atoms with van der Waals surface area (Å²) in [5, 5.41) is 0. The van der Waals surface area contributed by atoms with E-state index in [1.807, 2.05) is 51.9 Å². The number of imide groups is 1. The highest BCUT2D eigenvalue weighted by molar-refractivity contribution is 6.01. The van der Waals surface area contributed by atoms with Crippen LogP contribution in [-0.4, -0.2) is 79.1 Å². The zero-order valence-corrected chi connectivity index (χ0v) is 23.1. The van der Waals surface area contributed by atoms with Crippen LogP contribution in [0.3, 0.4) is 0 Å². The predicted molar refractivity (Wildman–Crippen MR) is 143 cm³/mol. The van der Waals surface area contributed by atoms with Crippen molar-refractivity contribution in [1.29, 1.82) is 0 Å². The molecule has 0 N–H and O–H groups in total. The van der Waals surface area contributed by atoms with Crippen LogP contribution < -0.4 is 9.80 Å². The van der Waals surface area contributed by atoms with Crippen molar-refractivity contribution < 1.29 is 19.1 Å². The van der Waals surface area contributed by atoms with Gasteiger partial charge in [0.05, 0.1) is 0 Å². The van der Waals surface area contributed by atoms with Crippen LogP contribution in [0.25, 0.3) is 0 Å². The number of likely N-dealkylation sites (N-methyl/N-ethyl adjacent to an activating group) is 1. The fraction of sp³-hybridized carbons (Fsp3) is 0.679. The van der Waals surface area contributed by atoms with E-state index in [2.05, 4.69) is 30.9 Å². The monoisotopic (exact) mass is 500 g/mol. The summed E-state index contributed by atoms with van der Waals surface area (Å²) in [5.41, 5.74) is 1.57. The Hall–Kier alpha value is -2.77. The number of likely N-dealkylation sites (tertiary alicyclic amines) is 1. The Morgan fingerprint density at radius 3 is 2.42 bits per heavy atom. The fourth-order valence-corrected chi connectivity index (χ4v) is 4.90. The molecular formula is C28H44N4O4. The van der Waals surface area contributed by atoms with E-state index < -0.39 is 5.60 Å². The van der Waals surface area contributed by atoms with Crippen LogP contribution in [-0.2, 0) is 14.3 Å². The minimum Gasteiger partial charge on any atom is -0.444 e. The van der Waals surface area contributed by atoms with Gasteiger partial charge in [-0.25, -0.2) is 4.79 Å². The Bertz CT molecular complexity index is 936. The molecule has 1 aromatic rings. The van der Waals surface area contributed by atoms with Crippen LogP contribution in [0.1, 0.15) is 66.7 Å². The summed E-state index contributed by atoms with van der Waals surface area (Å²) in [6.07, 6.45) is 3.33. The first kappa shape index (κ1) is 27.8. The van der Waals surface area contributed by atoms with Gasteiger partial charge in [-0.05, 0) is 64.2 Å². The van der Waals surface area contributed by atoms with Crippen molar-refractivity contribution in [3.05, 3.63) is 24.3 Å². The maximum absolute atomic E-state index is 13.2. The molecule has 0 radical (unpaired) electrons. The number of benzene rings is 1. The number of hydrogen-bond acceptors (Lipinski definition) is 6. The van der Waals surface area contributed by atoms with Gasteiger partial charge in [-0.1, -0.05) is 26.3 Å². The van der Waals surface area contributed by atoms with Gasteiger partial charge in [-0.2, -0.15) is 0 Å². The molecule has 2 aliphatic rings. The largest absolute Gasteiger partial charge is 0.444 e. The smallest absolute Gasteiger partial charge is 0.410 e. The number of ether oxygens (including phenoxy) is 1. The molecular weight excluding hydrogens is 456 g/mol. The minimum absolute atomic E-state index is 0.0575. The number of hydrogen-bond donors (Lipinski definition) is 0. The Morgan fingerprint density at radius 1 is 1.14 bits per heavy atom. The molecule has 2 saturated heterocycles. The number of carbonyl (C=O) groups excluding carboxylic acids is 3. The highest BCUT2D eigenvalue weighted by atomic mass is 16.6. The molecule has 0 spiro atoms. The van der Waals surface area contributed by atoms with E-state index in [1.165, 1.54) is 4.90 Å². The highest BCUT2D eigenvalue weighted by Crippen LogP contribution is 2.29. The maximum Gasteiger partial charge on any atom is 0.410 e. The Morgan fingerprint density at radius 2 is 1.81 bits per heavy atom. The summed E-state index contributed by atoms with van der Waals surface area (Å²) in [4.78, 5) is 45.7. The third-order valence-corrected chi connectivity index (χ3v) is 7.44. The number of amides is 3. The van der Waals surface area contributed by atoms with Crippen molar-refractivity contribution in [2.24, 2.45) is 5.92 Å². The molecule has 0 aromatic heterocycles. The molecule has 0 unspecified atom stereocenters. The molecule has 0 bridgehead atoms. The molecule has 2 aliphatic heterocycles. The van der Waals surface area contributed by atoms with E-state index in [4.69, 9.17) is 4.74 Å². The van der Waals surface area contributed by atoms with Crippen molar-refractivity contribution in [3.8, 4) is 0 Å². The second-order valence-electron chi connectivity index (χ2n) is 11.4. The predicted octanol–water partition coefficient (Wildman–Crippen LogP) is 4.52. The van der Waals surface area contributed by atoms with Crippen LogP contribution in [0.15, 0.2) is 24.3 Å². The summed E-state index contributed by atoms with van der Waals surface area (Å²) < 4.78 is 5.53. The van der Waals surface area contributed by atoms with E-state index in [0.717, 1.165) is 43.7 Å². The van der Waals surface area contributed by atoms with Crippen LogP contribution in [0.4, 0.5) is 16.2 Å². The molecule has 36 heavy (non-hydrogen) atoms. The average Bonchev–Trinajstić information content (AvgIpc) is 2.84. The highest BCUT2D eigenvalue weighted by Gasteiger charge is 2.37. The summed E-state index contributed by atoms with van der Waals surface area (Å²) >= 11 is 0. The van der Waals surface area contributed by atoms with Gasteiger partial charge in [0.2, 0.25) is 5.91 Å². The molecule has 8 heteroatoms. The van der Waals surface area contributed by atoms with Crippen molar-refractivity contribution >= 4 is 29.3 Å². The zero-order valence-electron chi connectivity index (χ0n) is 23.1. The van der Waals surface area contributed by atoms with Crippen molar-refractivity contribution in [3.63, 3.8) is 0 Å². The average molecular weight is 501 g/mol. The van der Waals surface area contributed by atoms with E-state index in [1.54, 1.807) is 4.90 Å². The minimum atomic E-state index is -0.503. The van der Waals surface area contributed by atoms with Crippen LogP contribution in [0.5, 0.6) is 0 Å². The Balaban J connectivity index is 1.64. The third kappa shape index (κ3) is 6.71. The first-order valence-electron chi connectivity index (χ1n) is 13.3. The van der Waals surface area contributed by atoms with Gasteiger partial charge in [0.15, 0.2) is 0 Å². The normalized spacial score (nSPS) is 20.4. The molecule has 200 valence electrons. The van der Waals surface area contributed by atoms with Gasteiger partial charge >= 0.3 is 6.09 Å². The lowest BCUT2D eigenvalue weighted by atomic mass is 9.99. The number of nitrogens with zero attached hydrogens (tertiary/aromatic N) is 4. The first-order chi connectivity index (χ1) is 16.9. The lowest BCUT2D eigenvalue weighted by Gasteiger charge is -2.39. The molecule has 2 heterocycles. The second-order valence-corrected chi connectivity index (χ2v) is 11.4. The van der Waals surface area contributed by atoms with E-state index >= 15 is 0 Å². The molecule has 0 saturated carbocycles. The number of carbonyl (C=O) groups is 3. The van der Waals surface area contributed by atoms with Crippen LogP contribution in [0, 0.1) is 5.92 Å². The maximum atomic E-state index is 13.2. The van der Waals surface area contributed by atoms with Gasteiger partial charge in [0, 0.05) is 57.6 Å². The zero-order chi connectivity index (χ0) is 26.6. The summed E-state index contributed by atoms with van der Waals surface area (Å²) in [7, 11) is 3.77. The second kappa shape index (κ2) is 11.5. The standard InChI is InChI=1S/C28H44N4O4/c1-8-20(2)19-32-25(33)13-12-24(26(32)34)29(6)22-10-9-11-23(18-22)31-16-14-21(15-17-31)30(7)27(35)36-28(3,4)5/h9-11,18,20-21,24H,8,12-17,19H2,1-7H3/t20-,24-/m0/s1. The molecule has 3 rings (SSSR count). The number of rotatable bonds is 7. The van der Waals surface area contributed by atoms with Crippen LogP contribution in [0.2, 0.25) is 0 Å².